The van der Waals surface area contributed by atoms with Crippen LogP contribution in [0.4, 0.5) is 15.8 Å². The Kier molecular flexibility index (Phi) is 3.69. The standard InChI is InChI=1S/C11H12FN5O2/c1-8-6-10(11(17(18)19)7-9(8)12)13-2-4-16-5-3-14-15-16/h3,5-7,13H,2,4H2,1H3. The number of nitro benzene ring substituents is 1. The van der Waals surface area contributed by atoms with Gasteiger partial charge in [-0.2, -0.15) is 0 Å². The van der Waals surface area contributed by atoms with E-state index in [0.29, 0.717) is 24.3 Å². The maximum atomic E-state index is 13.3. The number of anilines is 1. The summed E-state index contributed by atoms with van der Waals surface area (Å²) in [5.74, 6) is -0.589. The number of nitrogens with zero attached hydrogens (tertiary/aromatic N) is 4. The van der Waals surface area contributed by atoms with E-state index in [1.807, 2.05) is 0 Å². The summed E-state index contributed by atoms with van der Waals surface area (Å²) in [6.07, 6.45) is 3.23. The summed E-state index contributed by atoms with van der Waals surface area (Å²) in [5, 5.41) is 21.2. The molecule has 19 heavy (non-hydrogen) atoms. The van der Waals surface area contributed by atoms with E-state index >= 15 is 0 Å². The normalized spacial score (nSPS) is 10.4. The molecule has 8 heteroatoms. The Morgan fingerprint density at radius 2 is 2.32 bits per heavy atom. The lowest BCUT2D eigenvalue weighted by Gasteiger charge is -2.08. The van der Waals surface area contributed by atoms with Gasteiger partial charge in [-0.3, -0.25) is 14.8 Å². The molecule has 0 amide bonds. The molecule has 0 radical (unpaired) electrons. The number of aryl methyl sites for hydroxylation is 1. The summed E-state index contributed by atoms with van der Waals surface area (Å²) >= 11 is 0. The van der Waals surface area contributed by atoms with Crippen molar-refractivity contribution in [2.75, 3.05) is 11.9 Å². The SMILES string of the molecule is Cc1cc(NCCn2ccnn2)c([N+](=O)[O-])cc1F. The zero-order valence-electron chi connectivity index (χ0n) is 10.2. The summed E-state index contributed by atoms with van der Waals surface area (Å²) in [5.41, 5.74) is 0.375. The highest BCUT2D eigenvalue weighted by atomic mass is 19.1. The molecule has 0 spiro atoms. The summed E-state index contributed by atoms with van der Waals surface area (Å²) in [6.45, 7) is 2.49. The van der Waals surface area contributed by atoms with Gasteiger partial charge < -0.3 is 5.32 Å². The molecule has 0 aliphatic rings. The molecule has 1 aromatic heterocycles. The van der Waals surface area contributed by atoms with E-state index in [2.05, 4.69) is 15.6 Å². The number of nitro groups is 1. The largest absolute Gasteiger partial charge is 0.378 e. The van der Waals surface area contributed by atoms with Gasteiger partial charge in [0.05, 0.1) is 23.7 Å². The van der Waals surface area contributed by atoms with Crippen molar-refractivity contribution < 1.29 is 9.31 Å². The maximum Gasteiger partial charge on any atom is 0.295 e. The van der Waals surface area contributed by atoms with Gasteiger partial charge >= 0.3 is 0 Å². The van der Waals surface area contributed by atoms with Crippen LogP contribution >= 0.6 is 0 Å². The predicted molar refractivity (Wildman–Crippen MR) is 66.3 cm³/mol. The van der Waals surface area contributed by atoms with Crippen LogP contribution in [0, 0.1) is 22.9 Å². The molecular weight excluding hydrogens is 253 g/mol. The fourth-order valence-electron chi connectivity index (χ4n) is 1.62. The fraction of sp³-hybridized carbons (Fsp3) is 0.273. The third-order valence-corrected chi connectivity index (χ3v) is 2.60. The van der Waals surface area contributed by atoms with Crippen molar-refractivity contribution in [1.29, 1.82) is 0 Å². The van der Waals surface area contributed by atoms with Gasteiger partial charge in [0.1, 0.15) is 11.5 Å². The van der Waals surface area contributed by atoms with Crippen LogP contribution in [0.15, 0.2) is 24.5 Å². The van der Waals surface area contributed by atoms with Gasteiger partial charge in [0.2, 0.25) is 0 Å². The molecule has 0 atom stereocenters. The van der Waals surface area contributed by atoms with Gasteiger partial charge in [-0.1, -0.05) is 5.21 Å². The second-order valence-electron chi connectivity index (χ2n) is 3.97. The Labute approximate surface area is 108 Å². The van der Waals surface area contributed by atoms with E-state index in [-0.39, 0.29) is 5.69 Å². The Bertz CT molecular complexity index is 585. The smallest absolute Gasteiger partial charge is 0.295 e. The topological polar surface area (TPSA) is 85.9 Å². The maximum absolute atomic E-state index is 13.3. The van der Waals surface area contributed by atoms with Gasteiger partial charge in [-0.05, 0) is 18.6 Å². The number of hydrogen-bond acceptors (Lipinski definition) is 5. The van der Waals surface area contributed by atoms with Crippen molar-refractivity contribution in [2.45, 2.75) is 13.5 Å². The van der Waals surface area contributed by atoms with E-state index < -0.39 is 10.7 Å². The molecule has 100 valence electrons. The van der Waals surface area contributed by atoms with E-state index in [0.717, 1.165) is 6.07 Å². The highest BCUT2D eigenvalue weighted by Gasteiger charge is 2.16. The fourth-order valence-corrected chi connectivity index (χ4v) is 1.62. The van der Waals surface area contributed by atoms with Crippen molar-refractivity contribution in [3.8, 4) is 0 Å². The number of benzene rings is 1. The average molecular weight is 265 g/mol. The van der Waals surface area contributed by atoms with Crippen LogP contribution in [-0.4, -0.2) is 26.5 Å². The first-order valence-electron chi connectivity index (χ1n) is 5.60. The molecule has 0 aliphatic carbocycles. The molecule has 0 fully saturated rings. The number of hydrogen-bond donors (Lipinski definition) is 1. The summed E-state index contributed by atoms with van der Waals surface area (Å²) in [7, 11) is 0. The molecule has 2 aromatic rings. The zero-order chi connectivity index (χ0) is 13.8. The first kappa shape index (κ1) is 12.9. The predicted octanol–water partition coefficient (Wildman–Crippen LogP) is 1.75. The van der Waals surface area contributed by atoms with Crippen molar-refractivity contribution >= 4 is 11.4 Å². The molecule has 0 aliphatic heterocycles. The van der Waals surface area contributed by atoms with E-state index in [1.165, 1.54) is 6.07 Å². The average Bonchev–Trinajstić information content (AvgIpc) is 2.86. The zero-order valence-corrected chi connectivity index (χ0v) is 10.2. The minimum atomic E-state index is -0.611. The van der Waals surface area contributed by atoms with E-state index in [1.54, 1.807) is 24.0 Å². The molecule has 1 N–H and O–H groups in total. The molecule has 1 aromatic carbocycles. The molecule has 0 saturated carbocycles. The summed E-state index contributed by atoms with van der Waals surface area (Å²) in [6, 6.07) is 2.35. The Balaban J connectivity index is 2.10. The minimum Gasteiger partial charge on any atom is -0.378 e. The van der Waals surface area contributed by atoms with Crippen molar-refractivity contribution in [3.05, 3.63) is 46.0 Å². The molecule has 7 nitrogen and oxygen atoms in total. The van der Waals surface area contributed by atoms with Crippen LogP contribution in [0.25, 0.3) is 0 Å². The lowest BCUT2D eigenvalue weighted by molar-refractivity contribution is -0.384. The van der Waals surface area contributed by atoms with Crippen LogP contribution in [0.3, 0.4) is 0 Å². The third-order valence-electron chi connectivity index (χ3n) is 2.60. The van der Waals surface area contributed by atoms with Crippen LogP contribution in [0.2, 0.25) is 0 Å². The lowest BCUT2D eigenvalue weighted by Crippen LogP contribution is -2.12. The molecule has 0 unspecified atom stereocenters. The van der Waals surface area contributed by atoms with Gasteiger partial charge in [0, 0.05) is 12.7 Å². The monoisotopic (exact) mass is 265 g/mol. The van der Waals surface area contributed by atoms with Gasteiger partial charge in [-0.25, -0.2) is 4.39 Å². The van der Waals surface area contributed by atoms with Crippen molar-refractivity contribution in [2.24, 2.45) is 0 Å². The van der Waals surface area contributed by atoms with Gasteiger partial charge in [0.25, 0.3) is 5.69 Å². The van der Waals surface area contributed by atoms with Crippen LogP contribution in [-0.2, 0) is 6.54 Å². The van der Waals surface area contributed by atoms with Gasteiger partial charge in [-0.15, -0.1) is 5.10 Å². The third kappa shape index (κ3) is 3.03. The Hall–Kier alpha value is -2.51. The van der Waals surface area contributed by atoms with Gasteiger partial charge in [0.15, 0.2) is 0 Å². The first-order chi connectivity index (χ1) is 9.08. The van der Waals surface area contributed by atoms with Crippen LogP contribution < -0.4 is 5.32 Å². The molecule has 0 saturated heterocycles. The second kappa shape index (κ2) is 5.42. The highest BCUT2D eigenvalue weighted by Crippen LogP contribution is 2.27. The van der Waals surface area contributed by atoms with E-state index in [9.17, 15) is 14.5 Å². The van der Waals surface area contributed by atoms with E-state index in [4.69, 9.17) is 0 Å². The first-order valence-corrected chi connectivity index (χ1v) is 5.60. The Morgan fingerprint density at radius 3 is 2.95 bits per heavy atom. The second-order valence-corrected chi connectivity index (χ2v) is 3.97. The lowest BCUT2D eigenvalue weighted by atomic mass is 10.2. The quantitative estimate of drug-likeness (QED) is 0.657. The number of aromatic nitrogens is 3. The number of rotatable bonds is 5. The van der Waals surface area contributed by atoms with Crippen molar-refractivity contribution in [3.63, 3.8) is 0 Å². The van der Waals surface area contributed by atoms with Crippen molar-refractivity contribution in [1.82, 2.24) is 15.0 Å². The molecule has 2 rings (SSSR count). The number of halogens is 1. The molecule has 1 heterocycles. The number of nitrogens with one attached hydrogen (secondary N) is 1. The molecular formula is C11H12FN5O2. The minimum absolute atomic E-state index is 0.276. The Morgan fingerprint density at radius 1 is 1.53 bits per heavy atom. The summed E-state index contributed by atoms with van der Waals surface area (Å²) < 4.78 is 14.9. The van der Waals surface area contributed by atoms with Crippen LogP contribution in [0.5, 0.6) is 0 Å². The summed E-state index contributed by atoms with van der Waals surface area (Å²) in [4.78, 5) is 10.2. The molecule has 0 bridgehead atoms. The van der Waals surface area contributed by atoms with Crippen LogP contribution in [0.1, 0.15) is 5.56 Å². The highest BCUT2D eigenvalue weighted by molar-refractivity contribution is 5.63.